The Balaban J connectivity index is 1.34. The van der Waals surface area contributed by atoms with E-state index in [1.54, 1.807) is 6.20 Å². The van der Waals surface area contributed by atoms with Gasteiger partial charge in [-0.15, -0.1) is 0 Å². The molecule has 1 fully saturated rings. The van der Waals surface area contributed by atoms with Crippen molar-refractivity contribution in [1.82, 2.24) is 9.88 Å². The Labute approximate surface area is 197 Å². The SMILES string of the molecule is CCCOc1ccc(-c2cnc(NC(=O)C3CCCN3C(=O)OCc3ccccc3)s2)cc1. The maximum Gasteiger partial charge on any atom is 0.410 e. The van der Waals surface area contributed by atoms with Gasteiger partial charge in [-0.3, -0.25) is 9.69 Å². The molecule has 3 aromatic rings. The van der Waals surface area contributed by atoms with Crippen LogP contribution in [0, 0.1) is 0 Å². The summed E-state index contributed by atoms with van der Waals surface area (Å²) in [6.07, 6.45) is 3.59. The highest BCUT2D eigenvalue weighted by Crippen LogP contribution is 2.31. The number of benzene rings is 2. The molecule has 2 amide bonds. The van der Waals surface area contributed by atoms with Gasteiger partial charge in [-0.1, -0.05) is 48.6 Å². The van der Waals surface area contributed by atoms with Crippen LogP contribution in [0.5, 0.6) is 5.75 Å². The number of hydrogen-bond donors (Lipinski definition) is 1. The van der Waals surface area contributed by atoms with Gasteiger partial charge >= 0.3 is 6.09 Å². The highest BCUT2D eigenvalue weighted by molar-refractivity contribution is 7.19. The number of amides is 2. The van der Waals surface area contributed by atoms with Crippen molar-refractivity contribution in [1.29, 1.82) is 0 Å². The molecule has 1 unspecified atom stereocenters. The number of thiazole rings is 1. The number of ether oxygens (including phenoxy) is 2. The molecule has 0 bridgehead atoms. The summed E-state index contributed by atoms with van der Waals surface area (Å²) in [5.41, 5.74) is 1.91. The first kappa shape index (κ1) is 22.8. The van der Waals surface area contributed by atoms with Gasteiger partial charge in [-0.2, -0.15) is 0 Å². The van der Waals surface area contributed by atoms with E-state index in [0.717, 1.165) is 34.6 Å². The van der Waals surface area contributed by atoms with Gasteiger partial charge in [-0.05, 0) is 54.7 Å². The van der Waals surface area contributed by atoms with Gasteiger partial charge in [0.1, 0.15) is 18.4 Å². The van der Waals surface area contributed by atoms with E-state index in [-0.39, 0.29) is 12.5 Å². The second-order valence-electron chi connectivity index (χ2n) is 7.78. The third kappa shape index (κ3) is 5.90. The maximum atomic E-state index is 12.9. The van der Waals surface area contributed by atoms with Crippen LogP contribution in [-0.2, 0) is 16.1 Å². The molecule has 1 aromatic heterocycles. The molecule has 7 nitrogen and oxygen atoms in total. The van der Waals surface area contributed by atoms with E-state index >= 15 is 0 Å². The average molecular weight is 466 g/mol. The van der Waals surface area contributed by atoms with E-state index in [4.69, 9.17) is 9.47 Å². The Morgan fingerprint density at radius 3 is 2.70 bits per heavy atom. The van der Waals surface area contributed by atoms with Gasteiger partial charge in [0, 0.05) is 12.7 Å². The van der Waals surface area contributed by atoms with Crippen LogP contribution in [0.25, 0.3) is 10.4 Å². The fourth-order valence-electron chi connectivity index (χ4n) is 3.65. The second kappa shape index (κ2) is 11.0. The Morgan fingerprint density at radius 2 is 1.94 bits per heavy atom. The summed E-state index contributed by atoms with van der Waals surface area (Å²) in [6.45, 7) is 3.44. The van der Waals surface area contributed by atoms with Crippen molar-refractivity contribution in [3.8, 4) is 16.2 Å². The lowest BCUT2D eigenvalue weighted by molar-refractivity contribution is -0.120. The number of nitrogens with one attached hydrogen (secondary N) is 1. The molecule has 8 heteroatoms. The topological polar surface area (TPSA) is 80.8 Å². The molecule has 1 aliphatic heterocycles. The molecule has 1 N–H and O–H groups in total. The summed E-state index contributed by atoms with van der Waals surface area (Å²) in [5, 5.41) is 3.37. The number of likely N-dealkylation sites (tertiary alicyclic amines) is 1. The summed E-state index contributed by atoms with van der Waals surface area (Å²) in [6, 6.07) is 16.7. The van der Waals surface area contributed by atoms with E-state index in [1.165, 1.54) is 16.2 Å². The van der Waals surface area contributed by atoms with Gasteiger partial charge in [0.2, 0.25) is 5.91 Å². The van der Waals surface area contributed by atoms with E-state index in [1.807, 2.05) is 54.6 Å². The Hall–Kier alpha value is -3.39. The predicted molar refractivity (Wildman–Crippen MR) is 128 cm³/mol. The molecule has 0 radical (unpaired) electrons. The number of aromatic nitrogens is 1. The van der Waals surface area contributed by atoms with Crippen molar-refractivity contribution in [3.63, 3.8) is 0 Å². The van der Waals surface area contributed by atoms with Crippen molar-refractivity contribution in [2.75, 3.05) is 18.5 Å². The van der Waals surface area contributed by atoms with Gasteiger partial charge in [0.05, 0.1) is 11.5 Å². The quantitative estimate of drug-likeness (QED) is 0.486. The smallest absolute Gasteiger partial charge is 0.410 e. The lowest BCUT2D eigenvalue weighted by atomic mass is 10.2. The monoisotopic (exact) mass is 465 g/mol. The number of nitrogens with zero attached hydrogens (tertiary/aromatic N) is 2. The number of rotatable bonds is 8. The van der Waals surface area contributed by atoms with Crippen molar-refractivity contribution < 1.29 is 19.1 Å². The maximum absolute atomic E-state index is 12.9. The summed E-state index contributed by atoms with van der Waals surface area (Å²) >= 11 is 1.40. The van der Waals surface area contributed by atoms with Crippen LogP contribution >= 0.6 is 11.3 Å². The second-order valence-corrected chi connectivity index (χ2v) is 8.81. The molecule has 4 rings (SSSR count). The standard InChI is InChI=1S/C25H27N3O4S/c1-2-15-31-20-12-10-19(11-13-20)22-16-26-24(33-22)27-23(29)21-9-6-14-28(21)25(30)32-17-18-7-4-3-5-8-18/h3-5,7-8,10-13,16,21H,2,6,9,14-15,17H2,1H3,(H,26,27,29). The molecular formula is C25H27N3O4S. The highest BCUT2D eigenvalue weighted by atomic mass is 32.1. The lowest BCUT2D eigenvalue weighted by Gasteiger charge is -2.22. The van der Waals surface area contributed by atoms with Gasteiger partial charge < -0.3 is 14.8 Å². The zero-order valence-electron chi connectivity index (χ0n) is 18.5. The highest BCUT2D eigenvalue weighted by Gasteiger charge is 2.35. The minimum Gasteiger partial charge on any atom is -0.494 e. The van der Waals surface area contributed by atoms with Crippen LogP contribution < -0.4 is 10.1 Å². The van der Waals surface area contributed by atoms with E-state index in [9.17, 15) is 9.59 Å². The first-order valence-corrected chi connectivity index (χ1v) is 11.9. The third-order valence-electron chi connectivity index (χ3n) is 5.34. The minimum atomic E-state index is -0.560. The molecule has 0 spiro atoms. The van der Waals surface area contributed by atoms with Gasteiger partial charge in [0.15, 0.2) is 5.13 Å². The van der Waals surface area contributed by atoms with Crippen LogP contribution in [0.4, 0.5) is 9.93 Å². The molecule has 33 heavy (non-hydrogen) atoms. The van der Waals surface area contributed by atoms with Crippen molar-refractivity contribution >= 4 is 28.5 Å². The molecule has 1 saturated heterocycles. The Morgan fingerprint density at radius 1 is 1.15 bits per heavy atom. The molecule has 172 valence electrons. The van der Waals surface area contributed by atoms with Crippen LogP contribution in [0.15, 0.2) is 60.8 Å². The first-order valence-electron chi connectivity index (χ1n) is 11.1. The first-order chi connectivity index (χ1) is 16.1. The van der Waals surface area contributed by atoms with Crippen molar-refractivity contribution in [3.05, 3.63) is 66.4 Å². The number of carbonyl (C=O) groups excluding carboxylic acids is 2. The summed E-state index contributed by atoms with van der Waals surface area (Å²) < 4.78 is 11.0. The average Bonchev–Trinajstić information content (AvgIpc) is 3.52. The third-order valence-corrected chi connectivity index (χ3v) is 6.30. The van der Waals surface area contributed by atoms with Crippen LogP contribution in [0.2, 0.25) is 0 Å². The zero-order chi connectivity index (χ0) is 23.0. The lowest BCUT2D eigenvalue weighted by Crippen LogP contribution is -2.43. The Kier molecular flexibility index (Phi) is 7.57. The fraction of sp³-hybridized carbons (Fsp3) is 0.320. The molecule has 1 atom stereocenters. The van der Waals surface area contributed by atoms with Gasteiger partial charge in [0.25, 0.3) is 0 Å². The van der Waals surface area contributed by atoms with Gasteiger partial charge in [-0.25, -0.2) is 9.78 Å². The number of carbonyl (C=O) groups is 2. The summed E-state index contributed by atoms with van der Waals surface area (Å²) in [7, 11) is 0. The van der Waals surface area contributed by atoms with E-state index in [0.29, 0.717) is 24.7 Å². The molecular weight excluding hydrogens is 438 g/mol. The largest absolute Gasteiger partial charge is 0.494 e. The summed E-state index contributed by atoms with van der Waals surface area (Å²) in [4.78, 5) is 32.2. The fourth-order valence-corrected chi connectivity index (χ4v) is 4.47. The molecule has 0 saturated carbocycles. The number of hydrogen-bond acceptors (Lipinski definition) is 6. The molecule has 1 aliphatic rings. The van der Waals surface area contributed by atoms with Crippen LogP contribution in [0.1, 0.15) is 31.7 Å². The van der Waals surface area contributed by atoms with E-state index in [2.05, 4.69) is 17.2 Å². The van der Waals surface area contributed by atoms with E-state index < -0.39 is 12.1 Å². The number of anilines is 1. The molecule has 0 aliphatic carbocycles. The molecule has 2 heterocycles. The molecule has 2 aromatic carbocycles. The van der Waals surface area contributed by atoms with Crippen molar-refractivity contribution in [2.45, 2.75) is 38.8 Å². The predicted octanol–water partition coefficient (Wildman–Crippen LogP) is 5.34. The van der Waals surface area contributed by atoms with Crippen LogP contribution in [-0.4, -0.2) is 41.1 Å². The van der Waals surface area contributed by atoms with Crippen molar-refractivity contribution in [2.24, 2.45) is 0 Å². The summed E-state index contributed by atoms with van der Waals surface area (Å²) in [5.74, 6) is 0.590. The zero-order valence-corrected chi connectivity index (χ0v) is 19.3. The van der Waals surface area contributed by atoms with Crippen LogP contribution in [0.3, 0.4) is 0 Å². The minimum absolute atomic E-state index is 0.183. The Bertz CT molecular complexity index is 1070. The normalized spacial score (nSPS) is 15.3.